The highest BCUT2D eigenvalue weighted by molar-refractivity contribution is 9.10. The second kappa shape index (κ2) is 8.23. The quantitative estimate of drug-likeness (QED) is 0.390. The third-order valence-electron chi connectivity index (χ3n) is 4.90. The standard InChI is InChI=1S/C23H15BrF3N3O2/c1-13-5-7-17(29-21(31)14-3-2-4-15(9-14)23(25,26)27)11-20(13)30-12-28-19-8-6-16(24)10-18(19)22(30)32/h2-12H,1H3,(H,29,31). The molecule has 0 atom stereocenters. The molecule has 0 aliphatic carbocycles. The summed E-state index contributed by atoms with van der Waals surface area (Å²) in [5.74, 6) is -0.696. The molecule has 3 aromatic carbocycles. The Labute approximate surface area is 188 Å². The Morgan fingerprint density at radius 2 is 1.84 bits per heavy atom. The Morgan fingerprint density at radius 1 is 1.06 bits per heavy atom. The highest BCUT2D eigenvalue weighted by Crippen LogP contribution is 2.30. The largest absolute Gasteiger partial charge is 0.416 e. The monoisotopic (exact) mass is 501 g/mol. The minimum absolute atomic E-state index is 0.128. The molecular formula is C23H15BrF3N3O2. The normalized spacial score (nSPS) is 11.5. The molecule has 5 nitrogen and oxygen atoms in total. The van der Waals surface area contributed by atoms with Crippen molar-refractivity contribution in [1.29, 1.82) is 0 Å². The molecule has 162 valence electrons. The highest BCUT2D eigenvalue weighted by Gasteiger charge is 2.30. The molecule has 4 rings (SSSR count). The van der Waals surface area contributed by atoms with E-state index in [0.29, 0.717) is 22.3 Å². The summed E-state index contributed by atoms with van der Waals surface area (Å²) in [4.78, 5) is 29.9. The van der Waals surface area contributed by atoms with E-state index in [2.05, 4.69) is 26.2 Å². The van der Waals surface area contributed by atoms with Gasteiger partial charge in [-0.05, 0) is 61.0 Å². The molecule has 0 aliphatic heterocycles. The fourth-order valence-electron chi connectivity index (χ4n) is 3.25. The van der Waals surface area contributed by atoms with Crippen LogP contribution in [-0.4, -0.2) is 15.5 Å². The Hall–Kier alpha value is -3.46. The molecule has 1 heterocycles. The van der Waals surface area contributed by atoms with E-state index >= 15 is 0 Å². The van der Waals surface area contributed by atoms with Gasteiger partial charge in [-0.15, -0.1) is 0 Å². The molecule has 0 spiro atoms. The average Bonchev–Trinajstić information content (AvgIpc) is 2.75. The van der Waals surface area contributed by atoms with Gasteiger partial charge in [-0.1, -0.05) is 28.1 Å². The van der Waals surface area contributed by atoms with Gasteiger partial charge in [0, 0.05) is 15.7 Å². The number of benzene rings is 3. The van der Waals surface area contributed by atoms with E-state index in [9.17, 15) is 22.8 Å². The van der Waals surface area contributed by atoms with E-state index in [0.717, 1.165) is 22.2 Å². The summed E-state index contributed by atoms with van der Waals surface area (Å²) in [5.41, 5.74) is 0.786. The van der Waals surface area contributed by atoms with Crippen molar-refractivity contribution in [2.24, 2.45) is 0 Å². The third-order valence-corrected chi connectivity index (χ3v) is 5.39. The topological polar surface area (TPSA) is 64.0 Å². The smallest absolute Gasteiger partial charge is 0.322 e. The SMILES string of the molecule is Cc1ccc(NC(=O)c2cccc(C(F)(F)F)c2)cc1-n1cnc2ccc(Br)cc2c1=O. The number of nitrogens with one attached hydrogen (secondary N) is 1. The number of hydrogen-bond donors (Lipinski definition) is 1. The first-order valence-corrected chi connectivity index (χ1v) is 10.2. The molecular weight excluding hydrogens is 487 g/mol. The van der Waals surface area contributed by atoms with Crippen LogP contribution in [0.5, 0.6) is 0 Å². The van der Waals surface area contributed by atoms with Gasteiger partial charge in [0.15, 0.2) is 0 Å². The number of rotatable bonds is 3. The summed E-state index contributed by atoms with van der Waals surface area (Å²) in [6.07, 6.45) is -3.15. The second-order valence-electron chi connectivity index (χ2n) is 7.12. The molecule has 1 N–H and O–H groups in total. The number of anilines is 1. The third kappa shape index (κ3) is 4.29. The van der Waals surface area contributed by atoms with Gasteiger partial charge in [-0.25, -0.2) is 4.98 Å². The maximum atomic E-state index is 13.0. The minimum atomic E-state index is -4.55. The molecule has 1 amide bonds. The molecule has 9 heteroatoms. The first kappa shape index (κ1) is 21.8. The molecule has 0 aliphatic rings. The van der Waals surface area contributed by atoms with Crippen LogP contribution in [0.3, 0.4) is 0 Å². The Balaban J connectivity index is 1.70. The van der Waals surface area contributed by atoms with E-state index in [1.54, 1.807) is 43.3 Å². The molecule has 0 bridgehead atoms. The minimum Gasteiger partial charge on any atom is -0.322 e. The van der Waals surface area contributed by atoms with Crippen molar-refractivity contribution < 1.29 is 18.0 Å². The second-order valence-corrected chi connectivity index (χ2v) is 8.03. The number of fused-ring (bicyclic) bond motifs is 1. The maximum absolute atomic E-state index is 13.0. The van der Waals surface area contributed by atoms with Crippen LogP contribution in [0.25, 0.3) is 16.6 Å². The number of aryl methyl sites for hydroxylation is 1. The van der Waals surface area contributed by atoms with Crippen molar-refractivity contribution in [3.8, 4) is 5.69 Å². The molecule has 4 aromatic rings. The van der Waals surface area contributed by atoms with Crippen molar-refractivity contribution in [3.63, 3.8) is 0 Å². The average molecular weight is 502 g/mol. The number of hydrogen-bond acceptors (Lipinski definition) is 3. The molecule has 0 radical (unpaired) electrons. The van der Waals surface area contributed by atoms with Crippen LogP contribution in [0.1, 0.15) is 21.5 Å². The van der Waals surface area contributed by atoms with Gasteiger partial charge in [0.05, 0.1) is 22.2 Å². The van der Waals surface area contributed by atoms with Crippen LogP contribution >= 0.6 is 15.9 Å². The predicted molar refractivity (Wildman–Crippen MR) is 119 cm³/mol. The Bertz CT molecular complexity index is 1410. The number of nitrogens with zero attached hydrogens (tertiary/aromatic N) is 2. The number of carbonyl (C=O) groups is 1. The lowest BCUT2D eigenvalue weighted by Gasteiger charge is -2.13. The summed E-state index contributed by atoms with van der Waals surface area (Å²) >= 11 is 3.35. The molecule has 0 unspecified atom stereocenters. The van der Waals surface area contributed by atoms with Crippen LogP contribution in [-0.2, 0) is 6.18 Å². The molecule has 0 saturated carbocycles. The summed E-state index contributed by atoms with van der Waals surface area (Å²) in [5, 5.41) is 3.01. The number of amides is 1. The van der Waals surface area contributed by atoms with Crippen LogP contribution < -0.4 is 10.9 Å². The summed E-state index contributed by atoms with van der Waals surface area (Å²) in [6.45, 7) is 1.80. The van der Waals surface area contributed by atoms with E-state index in [1.807, 2.05) is 0 Å². The van der Waals surface area contributed by atoms with Gasteiger partial charge in [0.25, 0.3) is 11.5 Å². The van der Waals surface area contributed by atoms with Gasteiger partial charge in [-0.3, -0.25) is 14.2 Å². The fraction of sp³-hybridized carbons (Fsp3) is 0.0870. The van der Waals surface area contributed by atoms with Crippen molar-refractivity contribution in [3.05, 3.63) is 98.5 Å². The zero-order valence-electron chi connectivity index (χ0n) is 16.6. The van der Waals surface area contributed by atoms with E-state index in [1.165, 1.54) is 23.0 Å². The number of halogens is 4. The fourth-order valence-corrected chi connectivity index (χ4v) is 3.61. The molecule has 0 fully saturated rings. The van der Waals surface area contributed by atoms with Crippen molar-refractivity contribution >= 4 is 38.4 Å². The van der Waals surface area contributed by atoms with Gasteiger partial charge >= 0.3 is 6.18 Å². The van der Waals surface area contributed by atoms with Crippen LogP contribution in [0.2, 0.25) is 0 Å². The first-order valence-electron chi connectivity index (χ1n) is 9.40. The highest BCUT2D eigenvalue weighted by atomic mass is 79.9. The lowest BCUT2D eigenvalue weighted by Crippen LogP contribution is -2.20. The van der Waals surface area contributed by atoms with Gasteiger partial charge < -0.3 is 5.32 Å². The van der Waals surface area contributed by atoms with E-state index in [4.69, 9.17) is 0 Å². The van der Waals surface area contributed by atoms with Gasteiger partial charge in [-0.2, -0.15) is 13.2 Å². The Kier molecular flexibility index (Phi) is 5.60. The zero-order chi connectivity index (χ0) is 23.0. The van der Waals surface area contributed by atoms with Crippen LogP contribution in [0.15, 0.2) is 76.3 Å². The van der Waals surface area contributed by atoms with Crippen LogP contribution in [0, 0.1) is 6.92 Å². The number of alkyl halides is 3. The lowest BCUT2D eigenvalue weighted by atomic mass is 10.1. The predicted octanol–water partition coefficient (Wildman–Crippen LogP) is 5.73. The lowest BCUT2D eigenvalue weighted by molar-refractivity contribution is -0.137. The summed E-state index contributed by atoms with van der Waals surface area (Å²) < 4.78 is 40.9. The summed E-state index contributed by atoms with van der Waals surface area (Å²) in [7, 11) is 0. The number of aromatic nitrogens is 2. The molecule has 32 heavy (non-hydrogen) atoms. The molecule has 0 saturated heterocycles. The number of carbonyl (C=O) groups excluding carboxylic acids is 1. The Morgan fingerprint density at radius 3 is 2.59 bits per heavy atom. The van der Waals surface area contributed by atoms with Gasteiger partial charge in [0.1, 0.15) is 6.33 Å². The van der Waals surface area contributed by atoms with Crippen molar-refractivity contribution in [2.75, 3.05) is 5.32 Å². The maximum Gasteiger partial charge on any atom is 0.416 e. The first-order chi connectivity index (χ1) is 15.1. The molecule has 1 aromatic heterocycles. The van der Waals surface area contributed by atoms with E-state index in [-0.39, 0.29) is 11.1 Å². The zero-order valence-corrected chi connectivity index (χ0v) is 18.2. The van der Waals surface area contributed by atoms with Gasteiger partial charge in [0.2, 0.25) is 0 Å². The van der Waals surface area contributed by atoms with E-state index < -0.39 is 17.6 Å². The van der Waals surface area contributed by atoms with Crippen molar-refractivity contribution in [2.45, 2.75) is 13.1 Å². The van der Waals surface area contributed by atoms with Crippen LogP contribution in [0.4, 0.5) is 18.9 Å². The van der Waals surface area contributed by atoms with Crippen molar-refractivity contribution in [1.82, 2.24) is 9.55 Å². The summed E-state index contributed by atoms with van der Waals surface area (Å²) in [6, 6.07) is 14.3.